The van der Waals surface area contributed by atoms with Crippen molar-refractivity contribution >= 4 is 32.7 Å². The number of hydrogen-bond donors (Lipinski definition) is 0. The van der Waals surface area contributed by atoms with Crippen molar-refractivity contribution in [3.63, 3.8) is 0 Å². The molecule has 0 bridgehead atoms. The van der Waals surface area contributed by atoms with Gasteiger partial charge >= 0.3 is 0 Å². The van der Waals surface area contributed by atoms with Gasteiger partial charge in [-0.15, -0.1) is 0 Å². The highest BCUT2D eigenvalue weighted by Gasteiger charge is 2.23. The SMILES string of the molecule is c1cc2c(c(-c3ccc4cccnc4c3)c1)-c1cc(-c3ccc4ccc5cccnc5c4n3)ccc1C2. The Hall–Kier alpha value is -4.89. The average Bonchev–Trinajstić information content (AvgIpc) is 3.35. The molecular formula is C34H21N3. The summed E-state index contributed by atoms with van der Waals surface area (Å²) in [6, 6.07) is 36.7. The number of hydrogen-bond acceptors (Lipinski definition) is 3. The summed E-state index contributed by atoms with van der Waals surface area (Å²) in [6.07, 6.45) is 4.65. The Kier molecular flexibility index (Phi) is 4.29. The molecule has 3 heterocycles. The van der Waals surface area contributed by atoms with E-state index in [1.165, 1.54) is 33.4 Å². The minimum absolute atomic E-state index is 0.945. The van der Waals surface area contributed by atoms with Crippen molar-refractivity contribution in [2.24, 2.45) is 0 Å². The summed E-state index contributed by atoms with van der Waals surface area (Å²) in [4.78, 5) is 14.3. The average molecular weight is 472 g/mol. The van der Waals surface area contributed by atoms with Gasteiger partial charge in [0.1, 0.15) is 0 Å². The van der Waals surface area contributed by atoms with Crippen LogP contribution < -0.4 is 0 Å². The molecule has 172 valence electrons. The van der Waals surface area contributed by atoms with Crippen LogP contribution in [0, 0.1) is 0 Å². The van der Waals surface area contributed by atoms with E-state index in [0.717, 1.165) is 50.4 Å². The molecule has 0 saturated heterocycles. The molecule has 7 aromatic rings. The Morgan fingerprint density at radius 2 is 1.30 bits per heavy atom. The molecule has 0 radical (unpaired) electrons. The Morgan fingerprint density at radius 1 is 0.514 bits per heavy atom. The Balaban J connectivity index is 1.30. The van der Waals surface area contributed by atoms with Crippen LogP contribution in [-0.2, 0) is 6.42 Å². The van der Waals surface area contributed by atoms with Crippen molar-refractivity contribution in [3.05, 3.63) is 127 Å². The third-order valence-electron chi connectivity index (χ3n) is 7.56. The van der Waals surface area contributed by atoms with E-state index in [-0.39, 0.29) is 0 Å². The van der Waals surface area contributed by atoms with Gasteiger partial charge in [0.2, 0.25) is 0 Å². The molecule has 37 heavy (non-hydrogen) atoms. The molecule has 0 saturated carbocycles. The fourth-order valence-corrected chi connectivity index (χ4v) is 5.75. The van der Waals surface area contributed by atoms with Crippen molar-refractivity contribution in [1.29, 1.82) is 0 Å². The highest BCUT2D eigenvalue weighted by molar-refractivity contribution is 6.03. The molecule has 0 fully saturated rings. The van der Waals surface area contributed by atoms with Gasteiger partial charge in [0, 0.05) is 34.1 Å². The van der Waals surface area contributed by atoms with Gasteiger partial charge < -0.3 is 0 Å². The highest BCUT2D eigenvalue weighted by Crippen LogP contribution is 2.44. The van der Waals surface area contributed by atoms with Gasteiger partial charge in [0.15, 0.2) is 0 Å². The fraction of sp³-hybridized carbons (Fsp3) is 0.0294. The topological polar surface area (TPSA) is 38.7 Å². The molecule has 4 aromatic carbocycles. The van der Waals surface area contributed by atoms with Gasteiger partial charge in [-0.1, -0.05) is 72.8 Å². The molecule has 0 spiro atoms. The summed E-state index contributed by atoms with van der Waals surface area (Å²) in [7, 11) is 0. The summed E-state index contributed by atoms with van der Waals surface area (Å²) in [5.74, 6) is 0. The number of rotatable bonds is 2. The van der Waals surface area contributed by atoms with Crippen molar-refractivity contribution < 1.29 is 0 Å². The quantitative estimate of drug-likeness (QED) is 0.238. The lowest BCUT2D eigenvalue weighted by atomic mass is 9.92. The summed E-state index contributed by atoms with van der Waals surface area (Å²) in [5.41, 5.74) is 12.8. The first-order chi connectivity index (χ1) is 18.3. The van der Waals surface area contributed by atoms with Gasteiger partial charge in [-0.05, 0) is 70.1 Å². The lowest BCUT2D eigenvalue weighted by molar-refractivity contribution is 1.26. The number of benzene rings is 4. The smallest absolute Gasteiger partial charge is 0.0972 e. The van der Waals surface area contributed by atoms with Crippen LogP contribution in [0.5, 0.6) is 0 Å². The van der Waals surface area contributed by atoms with Crippen molar-refractivity contribution in [1.82, 2.24) is 15.0 Å². The number of aromatic nitrogens is 3. The van der Waals surface area contributed by atoms with Gasteiger partial charge in [-0.3, -0.25) is 9.97 Å². The van der Waals surface area contributed by atoms with Crippen molar-refractivity contribution in [2.75, 3.05) is 0 Å². The molecule has 1 aliphatic carbocycles. The zero-order valence-corrected chi connectivity index (χ0v) is 20.0. The molecule has 1 aliphatic rings. The van der Waals surface area contributed by atoms with Crippen LogP contribution in [0.4, 0.5) is 0 Å². The summed E-state index contributed by atoms with van der Waals surface area (Å²) < 4.78 is 0. The molecule has 0 atom stereocenters. The number of pyridine rings is 3. The summed E-state index contributed by atoms with van der Waals surface area (Å²) >= 11 is 0. The molecule has 3 aromatic heterocycles. The molecule has 8 rings (SSSR count). The monoisotopic (exact) mass is 471 g/mol. The zero-order valence-electron chi connectivity index (χ0n) is 20.0. The van der Waals surface area contributed by atoms with Crippen LogP contribution >= 0.6 is 0 Å². The molecule has 0 unspecified atom stereocenters. The lowest BCUT2D eigenvalue weighted by Crippen LogP contribution is -1.90. The first-order valence-corrected chi connectivity index (χ1v) is 12.6. The molecular weight excluding hydrogens is 450 g/mol. The highest BCUT2D eigenvalue weighted by atomic mass is 14.7. The number of fused-ring (bicyclic) bond motifs is 7. The van der Waals surface area contributed by atoms with E-state index in [9.17, 15) is 0 Å². The first-order valence-electron chi connectivity index (χ1n) is 12.6. The van der Waals surface area contributed by atoms with Gasteiger partial charge in [-0.25, -0.2) is 4.98 Å². The second kappa shape index (κ2) is 7.81. The maximum Gasteiger partial charge on any atom is 0.0972 e. The van der Waals surface area contributed by atoms with Crippen LogP contribution in [0.1, 0.15) is 11.1 Å². The third-order valence-corrected chi connectivity index (χ3v) is 7.56. The predicted octanol–water partition coefficient (Wildman–Crippen LogP) is 8.24. The van der Waals surface area contributed by atoms with Crippen LogP contribution in [0.25, 0.3) is 66.2 Å². The van der Waals surface area contributed by atoms with E-state index in [1.807, 2.05) is 24.5 Å². The Labute approximate surface area is 214 Å². The van der Waals surface area contributed by atoms with Gasteiger partial charge in [-0.2, -0.15) is 0 Å². The largest absolute Gasteiger partial charge is 0.256 e. The summed E-state index contributed by atoms with van der Waals surface area (Å²) in [5, 5.41) is 3.37. The molecule has 3 nitrogen and oxygen atoms in total. The standard InChI is InChI=1S/C34H21N3/c1-4-27-18-24-12-13-26(30-15-14-23-10-9-22-6-3-17-36-33(22)34(23)37-30)19-29(24)32(27)28(7-1)25-11-8-21-5-2-16-35-31(21)20-25/h1-17,19-20H,18H2. The van der Waals surface area contributed by atoms with E-state index in [1.54, 1.807) is 0 Å². The second-order valence-electron chi connectivity index (χ2n) is 9.71. The van der Waals surface area contributed by atoms with Crippen LogP contribution in [-0.4, -0.2) is 15.0 Å². The van der Waals surface area contributed by atoms with Crippen LogP contribution in [0.2, 0.25) is 0 Å². The van der Waals surface area contributed by atoms with Crippen molar-refractivity contribution in [2.45, 2.75) is 6.42 Å². The lowest BCUT2D eigenvalue weighted by Gasteiger charge is -2.12. The van der Waals surface area contributed by atoms with Crippen LogP contribution in [0.15, 0.2) is 116 Å². The predicted molar refractivity (Wildman–Crippen MR) is 151 cm³/mol. The molecule has 0 aliphatic heterocycles. The Morgan fingerprint density at radius 3 is 2.24 bits per heavy atom. The van der Waals surface area contributed by atoms with Crippen LogP contribution in [0.3, 0.4) is 0 Å². The zero-order chi connectivity index (χ0) is 24.3. The van der Waals surface area contributed by atoms with E-state index >= 15 is 0 Å². The van der Waals surface area contributed by atoms with Gasteiger partial charge in [0.05, 0.1) is 22.2 Å². The molecule has 0 N–H and O–H groups in total. The minimum Gasteiger partial charge on any atom is -0.256 e. The molecule has 0 amide bonds. The van der Waals surface area contributed by atoms with E-state index in [0.29, 0.717) is 0 Å². The van der Waals surface area contributed by atoms with E-state index < -0.39 is 0 Å². The maximum absolute atomic E-state index is 5.10. The van der Waals surface area contributed by atoms with Crippen molar-refractivity contribution in [3.8, 4) is 33.5 Å². The van der Waals surface area contributed by atoms with E-state index in [2.05, 4.69) is 101 Å². The second-order valence-corrected chi connectivity index (χ2v) is 9.71. The maximum atomic E-state index is 5.10. The first kappa shape index (κ1) is 20.3. The van der Waals surface area contributed by atoms with Gasteiger partial charge in [0.25, 0.3) is 0 Å². The Bertz CT molecular complexity index is 2020. The minimum atomic E-state index is 0.945. The molecule has 3 heteroatoms. The fourth-order valence-electron chi connectivity index (χ4n) is 5.75. The number of nitrogens with zero attached hydrogens (tertiary/aromatic N) is 3. The summed E-state index contributed by atoms with van der Waals surface area (Å²) in [6.45, 7) is 0. The third kappa shape index (κ3) is 3.18. The van der Waals surface area contributed by atoms with E-state index in [4.69, 9.17) is 4.98 Å². The normalized spacial score (nSPS) is 12.2.